The predicted octanol–water partition coefficient (Wildman–Crippen LogP) is 3.04. The van der Waals surface area contributed by atoms with Crippen molar-refractivity contribution in [3.8, 4) is 0 Å². The summed E-state index contributed by atoms with van der Waals surface area (Å²) in [6.07, 6.45) is 3.55. The van der Waals surface area contributed by atoms with Gasteiger partial charge in [-0.1, -0.05) is 6.08 Å². The quantitative estimate of drug-likeness (QED) is 0.672. The number of hydrogen-bond acceptors (Lipinski definition) is 2. The van der Waals surface area contributed by atoms with Gasteiger partial charge in [0.15, 0.2) is 10.4 Å². The van der Waals surface area contributed by atoms with Gasteiger partial charge in [-0.05, 0) is 34.2 Å². The average molecular weight is 270 g/mol. The fourth-order valence-corrected chi connectivity index (χ4v) is 1.92. The Balaban J connectivity index is 2.76. The Morgan fingerprint density at radius 3 is 3.21 bits per heavy atom. The Bertz CT molecular complexity index is 540. The molecule has 14 heavy (non-hydrogen) atoms. The number of allylic oxidation sites excluding steroid dienone is 1. The minimum Gasteiger partial charge on any atom is -0.329 e. The SMILES string of the molecule is C=CCn1c(=S)[nH]c2cc(Br)cnc21. The third-order valence-corrected chi connectivity index (χ3v) is 2.64. The van der Waals surface area contributed by atoms with E-state index in [1.54, 1.807) is 12.3 Å². The number of hydrogen-bond donors (Lipinski definition) is 1. The number of aromatic nitrogens is 3. The molecular weight excluding hydrogens is 262 g/mol. The molecule has 0 radical (unpaired) electrons. The maximum atomic E-state index is 5.17. The van der Waals surface area contributed by atoms with Crippen molar-refractivity contribution in [3.63, 3.8) is 0 Å². The van der Waals surface area contributed by atoms with Crippen LogP contribution in [0.5, 0.6) is 0 Å². The second-order valence-corrected chi connectivity index (χ2v) is 4.16. The molecule has 0 aromatic carbocycles. The van der Waals surface area contributed by atoms with Crippen LogP contribution >= 0.6 is 28.1 Å². The van der Waals surface area contributed by atoms with Gasteiger partial charge in [0.25, 0.3) is 0 Å². The van der Waals surface area contributed by atoms with Crippen molar-refractivity contribution in [1.29, 1.82) is 0 Å². The van der Waals surface area contributed by atoms with Crippen LogP contribution in [0.25, 0.3) is 11.2 Å². The molecule has 2 aromatic heterocycles. The number of pyridine rings is 1. The summed E-state index contributed by atoms with van der Waals surface area (Å²) in [4.78, 5) is 7.38. The summed E-state index contributed by atoms with van der Waals surface area (Å²) in [5.74, 6) is 0. The molecule has 0 aliphatic rings. The number of imidazole rings is 1. The molecule has 0 aliphatic heterocycles. The molecule has 0 saturated heterocycles. The Morgan fingerprint density at radius 2 is 2.50 bits per heavy atom. The van der Waals surface area contributed by atoms with Gasteiger partial charge in [-0.3, -0.25) is 4.57 Å². The van der Waals surface area contributed by atoms with Crippen molar-refractivity contribution in [2.75, 3.05) is 0 Å². The second kappa shape index (κ2) is 3.67. The molecule has 2 aromatic rings. The third kappa shape index (κ3) is 1.53. The van der Waals surface area contributed by atoms with Crippen LogP contribution in [0.3, 0.4) is 0 Å². The van der Waals surface area contributed by atoms with Gasteiger partial charge in [-0.15, -0.1) is 6.58 Å². The molecule has 2 rings (SSSR count). The fourth-order valence-electron chi connectivity index (χ4n) is 1.32. The summed E-state index contributed by atoms with van der Waals surface area (Å²) >= 11 is 8.53. The van der Waals surface area contributed by atoms with Crippen LogP contribution in [0.4, 0.5) is 0 Å². The van der Waals surface area contributed by atoms with E-state index in [1.807, 2.05) is 10.6 Å². The van der Waals surface area contributed by atoms with E-state index in [-0.39, 0.29) is 0 Å². The van der Waals surface area contributed by atoms with Crippen LogP contribution in [0, 0.1) is 4.77 Å². The Kier molecular flexibility index (Phi) is 2.52. The standard InChI is InChI=1S/C9H8BrN3S/c1-2-3-13-8-7(12-9(13)14)4-6(10)5-11-8/h2,4-5H,1,3H2,(H,12,14). The third-order valence-electron chi connectivity index (χ3n) is 1.89. The van der Waals surface area contributed by atoms with Crippen LogP contribution < -0.4 is 0 Å². The summed E-state index contributed by atoms with van der Waals surface area (Å²) in [7, 11) is 0. The van der Waals surface area contributed by atoms with Crippen molar-refractivity contribution in [2.24, 2.45) is 0 Å². The molecule has 2 heterocycles. The summed E-state index contributed by atoms with van der Waals surface area (Å²) in [6, 6.07) is 1.96. The van der Waals surface area contributed by atoms with Gasteiger partial charge in [-0.2, -0.15) is 0 Å². The first-order valence-corrected chi connectivity index (χ1v) is 5.27. The van der Waals surface area contributed by atoms with Crippen molar-refractivity contribution in [1.82, 2.24) is 14.5 Å². The number of fused-ring (bicyclic) bond motifs is 1. The van der Waals surface area contributed by atoms with Gasteiger partial charge in [0.2, 0.25) is 0 Å². The van der Waals surface area contributed by atoms with Crippen LogP contribution in [0.15, 0.2) is 29.4 Å². The fraction of sp³-hybridized carbons (Fsp3) is 0.111. The summed E-state index contributed by atoms with van der Waals surface area (Å²) in [5, 5.41) is 0. The van der Waals surface area contributed by atoms with Gasteiger partial charge < -0.3 is 4.98 Å². The van der Waals surface area contributed by atoms with Crippen LogP contribution in [0.1, 0.15) is 0 Å². The lowest BCUT2D eigenvalue weighted by Crippen LogP contribution is -1.95. The minimum absolute atomic E-state index is 0.672. The molecule has 72 valence electrons. The first-order chi connectivity index (χ1) is 6.72. The van der Waals surface area contributed by atoms with Crippen LogP contribution in [-0.4, -0.2) is 14.5 Å². The number of halogens is 1. The molecular formula is C9H8BrN3S. The lowest BCUT2D eigenvalue weighted by atomic mass is 10.4. The first kappa shape index (κ1) is 9.61. The van der Waals surface area contributed by atoms with E-state index >= 15 is 0 Å². The molecule has 1 N–H and O–H groups in total. The minimum atomic E-state index is 0.672. The maximum absolute atomic E-state index is 5.17. The molecule has 5 heteroatoms. The molecule has 0 fully saturated rings. The number of rotatable bonds is 2. The first-order valence-electron chi connectivity index (χ1n) is 4.07. The van der Waals surface area contributed by atoms with E-state index in [0.717, 1.165) is 15.6 Å². The number of aromatic amines is 1. The predicted molar refractivity (Wildman–Crippen MR) is 62.8 cm³/mol. The van der Waals surface area contributed by atoms with Gasteiger partial charge in [0, 0.05) is 17.2 Å². The van der Waals surface area contributed by atoms with Crippen molar-refractivity contribution < 1.29 is 0 Å². The number of nitrogens with zero attached hydrogens (tertiary/aromatic N) is 2. The molecule has 0 saturated carbocycles. The van der Waals surface area contributed by atoms with Gasteiger partial charge in [-0.25, -0.2) is 4.98 Å². The number of nitrogens with one attached hydrogen (secondary N) is 1. The summed E-state index contributed by atoms with van der Waals surface area (Å²) < 4.78 is 3.52. The van der Waals surface area contributed by atoms with E-state index in [4.69, 9.17) is 12.2 Å². The van der Waals surface area contributed by atoms with E-state index in [1.165, 1.54) is 0 Å². The maximum Gasteiger partial charge on any atom is 0.179 e. The molecule has 0 bridgehead atoms. The zero-order valence-electron chi connectivity index (χ0n) is 7.33. The zero-order chi connectivity index (χ0) is 10.1. The second-order valence-electron chi connectivity index (χ2n) is 2.85. The largest absolute Gasteiger partial charge is 0.329 e. The Labute approximate surface area is 94.6 Å². The molecule has 0 aliphatic carbocycles. The summed E-state index contributed by atoms with van der Waals surface area (Å²) in [6.45, 7) is 4.36. The van der Waals surface area contributed by atoms with Crippen molar-refractivity contribution in [3.05, 3.63) is 34.2 Å². The van der Waals surface area contributed by atoms with E-state index in [0.29, 0.717) is 11.3 Å². The Hall–Kier alpha value is -0.940. The van der Waals surface area contributed by atoms with Gasteiger partial charge in [0.1, 0.15) is 0 Å². The monoisotopic (exact) mass is 269 g/mol. The zero-order valence-corrected chi connectivity index (χ0v) is 9.73. The smallest absolute Gasteiger partial charge is 0.179 e. The van der Waals surface area contributed by atoms with Crippen molar-refractivity contribution >= 4 is 39.3 Å². The lowest BCUT2D eigenvalue weighted by Gasteiger charge is -1.97. The van der Waals surface area contributed by atoms with Crippen molar-refractivity contribution in [2.45, 2.75) is 6.54 Å². The lowest BCUT2D eigenvalue weighted by molar-refractivity contribution is 0.824. The van der Waals surface area contributed by atoms with E-state index < -0.39 is 0 Å². The van der Waals surface area contributed by atoms with E-state index in [2.05, 4.69) is 32.5 Å². The molecule has 0 amide bonds. The van der Waals surface area contributed by atoms with Crippen LogP contribution in [0.2, 0.25) is 0 Å². The highest BCUT2D eigenvalue weighted by Crippen LogP contribution is 2.16. The average Bonchev–Trinajstić information content (AvgIpc) is 2.43. The number of H-pyrrole nitrogens is 1. The van der Waals surface area contributed by atoms with Gasteiger partial charge >= 0.3 is 0 Å². The molecule has 0 unspecified atom stereocenters. The highest BCUT2D eigenvalue weighted by Gasteiger charge is 2.03. The summed E-state index contributed by atoms with van der Waals surface area (Å²) in [5.41, 5.74) is 1.80. The normalized spacial score (nSPS) is 10.6. The van der Waals surface area contributed by atoms with E-state index in [9.17, 15) is 0 Å². The molecule has 0 spiro atoms. The molecule has 3 nitrogen and oxygen atoms in total. The topological polar surface area (TPSA) is 33.6 Å². The van der Waals surface area contributed by atoms with Gasteiger partial charge in [0.05, 0.1) is 5.52 Å². The van der Waals surface area contributed by atoms with Crippen LogP contribution in [-0.2, 0) is 6.54 Å². The molecule has 0 atom stereocenters. The Morgan fingerprint density at radius 1 is 1.71 bits per heavy atom. The highest BCUT2D eigenvalue weighted by atomic mass is 79.9. The highest BCUT2D eigenvalue weighted by molar-refractivity contribution is 9.10.